The molecule has 3 rings (SSSR count). The summed E-state index contributed by atoms with van der Waals surface area (Å²) < 4.78 is 27.5. The fourth-order valence-corrected chi connectivity index (χ4v) is 4.15. The third kappa shape index (κ3) is 3.44. The summed E-state index contributed by atoms with van der Waals surface area (Å²) in [6.45, 7) is 3.45. The Hall–Kier alpha value is -2.38. The molecule has 1 aromatic heterocycles. The fourth-order valence-electron chi connectivity index (χ4n) is 3.45. The Morgan fingerprint density at radius 2 is 1.89 bits per heavy atom. The van der Waals surface area contributed by atoms with Crippen LogP contribution in [0.2, 0.25) is 5.02 Å². The van der Waals surface area contributed by atoms with E-state index >= 15 is 0 Å². The summed E-state index contributed by atoms with van der Waals surface area (Å²) in [5, 5.41) is 5.68. The Bertz CT molecular complexity index is 1110. The first-order valence-corrected chi connectivity index (χ1v) is 10.7. The van der Waals surface area contributed by atoms with Crippen molar-refractivity contribution in [3.63, 3.8) is 0 Å². The van der Waals surface area contributed by atoms with Crippen molar-refractivity contribution in [3.8, 4) is 0 Å². The molecule has 6 nitrogen and oxygen atoms in total. The first kappa shape index (κ1) is 19.4. The number of nitrogens with zero attached hydrogens (tertiary/aromatic N) is 2. The molecule has 27 heavy (non-hydrogen) atoms. The highest BCUT2D eigenvalue weighted by atomic mass is 35.5. The summed E-state index contributed by atoms with van der Waals surface area (Å²) >= 11 is 6.01. The van der Waals surface area contributed by atoms with Crippen molar-refractivity contribution < 1.29 is 13.2 Å². The molecule has 0 spiro atoms. The van der Waals surface area contributed by atoms with Crippen LogP contribution < -0.4 is 4.72 Å². The van der Waals surface area contributed by atoms with E-state index in [0.29, 0.717) is 28.0 Å². The van der Waals surface area contributed by atoms with Gasteiger partial charge in [-0.15, -0.1) is 0 Å². The van der Waals surface area contributed by atoms with E-state index in [2.05, 4.69) is 9.82 Å². The fraction of sp³-hybridized carbons (Fsp3) is 0.263. The molecular formula is C19H20ClN3O3S. The van der Waals surface area contributed by atoms with E-state index in [4.69, 9.17) is 11.6 Å². The third-order valence-electron chi connectivity index (χ3n) is 4.69. The van der Waals surface area contributed by atoms with E-state index in [1.54, 1.807) is 35.1 Å². The highest BCUT2D eigenvalue weighted by molar-refractivity contribution is 7.92. The lowest BCUT2D eigenvalue weighted by molar-refractivity contribution is -0.124. The maximum Gasteiger partial charge on any atom is 0.229 e. The second kappa shape index (κ2) is 6.98. The Morgan fingerprint density at radius 3 is 2.44 bits per heavy atom. The van der Waals surface area contributed by atoms with E-state index in [1.807, 2.05) is 25.1 Å². The molecule has 1 atom stereocenters. The van der Waals surface area contributed by atoms with Gasteiger partial charge in [-0.3, -0.25) is 9.52 Å². The van der Waals surface area contributed by atoms with Gasteiger partial charge in [-0.05, 0) is 43.2 Å². The zero-order valence-corrected chi connectivity index (χ0v) is 16.8. The molecule has 0 aliphatic heterocycles. The number of sulfonamides is 1. The van der Waals surface area contributed by atoms with Crippen molar-refractivity contribution in [2.75, 3.05) is 11.0 Å². The van der Waals surface area contributed by atoms with Gasteiger partial charge in [0.05, 0.1) is 23.7 Å². The number of carbonyl (C=O) groups excluding carboxylic acids is 1. The van der Waals surface area contributed by atoms with Gasteiger partial charge in [0.1, 0.15) is 5.54 Å². The van der Waals surface area contributed by atoms with Crippen molar-refractivity contribution in [3.05, 3.63) is 59.2 Å². The molecule has 1 heterocycles. The Morgan fingerprint density at radius 1 is 1.22 bits per heavy atom. The number of aromatic nitrogens is 2. The average Bonchev–Trinajstić information content (AvgIpc) is 3.02. The largest absolute Gasteiger partial charge is 0.297 e. The lowest BCUT2D eigenvalue weighted by atomic mass is 9.83. The van der Waals surface area contributed by atoms with Gasteiger partial charge in [0.25, 0.3) is 0 Å². The molecule has 142 valence electrons. The molecule has 0 bridgehead atoms. The van der Waals surface area contributed by atoms with Crippen LogP contribution in [0.1, 0.15) is 25.8 Å². The predicted molar refractivity (Wildman–Crippen MR) is 108 cm³/mol. The quantitative estimate of drug-likeness (QED) is 0.676. The second-order valence-electron chi connectivity index (χ2n) is 6.45. The van der Waals surface area contributed by atoms with Crippen LogP contribution in [0.15, 0.2) is 48.7 Å². The Kier molecular flexibility index (Phi) is 5.01. The monoisotopic (exact) mass is 405 g/mol. The van der Waals surface area contributed by atoms with Crippen molar-refractivity contribution in [2.24, 2.45) is 0 Å². The molecule has 0 aliphatic carbocycles. The minimum atomic E-state index is -3.44. The summed E-state index contributed by atoms with van der Waals surface area (Å²) in [6.07, 6.45) is 3.15. The molecule has 0 fully saturated rings. The SMILES string of the molecule is CCC(C(C)=O)(c1ccc(Cl)cc1)n1ncc2c(NS(C)(=O)=O)cccc21. The van der Waals surface area contributed by atoms with E-state index < -0.39 is 15.6 Å². The number of fused-ring (bicyclic) bond motifs is 1. The third-order valence-corrected chi connectivity index (χ3v) is 5.53. The maximum absolute atomic E-state index is 12.8. The molecule has 2 aromatic carbocycles. The molecule has 0 saturated carbocycles. The summed E-state index contributed by atoms with van der Waals surface area (Å²) in [5.41, 5.74) is 0.839. The van der Waals surface area contributed by atoms with E-state index in [9.17, 15) is 13.2 Å². The van der Waals surface area contributed by atoms with E-state index in [-0.39, 0.29) is 5.78 Å². The lowest BCUT2D eigenvalue weighted by Gasteiger charge is -2.32. The molecule has 0 aliphatic rings. The molecule has 8 heteroatoms. The molecule has 0 radical (unpaired) electrons. The number of hydrogen-bond donors (Lipinski definition) is 1. The minimum Gasteiger partial charge on any atom is -0.297 e. The number of Topliss-reactive ketones (excluding diaryl/α,β-unsaturated/α-hetero) is 1. The van der Waals surface area contributed by atoms with E-state index in [1.165, 1.54) is 6.92 Å². The predicted octanol–water partition coefficient (Wildman–Crippen LogP) is 3.80. The zero-order valence-electron chi connectivity index (χ0n) is 15.2. The van der Waals surface area contributed by atoms with Crippen LogP contribution in [0, 0.1) is 0 Å². The topological polar surface area (TPSA) is 81.1 Å². The van der Waals surface area contributed by atoms with Gasteiger partial charge in [0.15, 0.2) is 5.78 Å². The normalized spacial score (nSPS) is 14.1. The Balaban J connectivity index is 2.28. The van der Waals surface area contributed by atoms with Crippen LogP contribution in [-0.4, -0.2) is 30.2 Å². The molecule has 0 saturated heterocycles. The standard InChI is InChI=1S/C19H20ClN3O3S/c1-4-19(13(2)24,14-8-10-15(20)11-9-14)23-18-7-5-6-17(16(18)12-21-23)22-27(3,25)26/h5-12,22H,4H2,1-3H3. The average molecular weight is 406 g/mol. The summed E-state index contributed by atoms with van der Waals surface area (Å²) in [4.78, 5) is 12.8. The maximum atomic E-state index is 12.8. The first-order chi connectivity index (χ1) is 12.7. The minimum absolute atomic E-state index is 0.0706. The van der Waals surface area contributed by atoms with Crippen LogP contribution in [0.5, 0.6) is 0 Å². The number of rotatable bonds is 6. The highest BCUT2D eigenvalue weighted by Gasteiger charge is 2.39. The van der Waals surface area contributed by atoms with Gasteiger partial charge in [0, 0.05) is 10.4 Å². The van der Waals surface area contributed by atoms with Gasteiger partial charge in [0.2, 0.25) is 10.0 Å². The number of benzene rings is 2. The molecule has 0 amide bonds. The van der Waals surface area contributed by atoms with Crippen molar-refractivity contribution >= 4 is 44.0 Å². The highest BCUT2D eigenvalue weighted by Crippen LogP contribution is 2.36. The van der Waals surface area contributed by atoms with Gasteiger partial charge >= 0.3 is 0 Å². The number of nitrogens with one attached hydrogen (secondary N) is 1. The smallest absolute Gasteiger partial charge is 0.229 e. The van der Waals surface area contributed by atoms with Gasteiger partial charge in [-0.1, -0.05) is 36.7 Å². The molecule has 3 aromatic rings. The van der Waals surface area contributed by atoms with Crippen molar-refractivity contribution in [1.29, 1.82) is 0 Å². The van der Waals surface area contributed by atoms with Crippen LogP contribution in [0.4, 0.5) is 5.69 Å². The van der Waals surface area contributed by atoms with Crippen molar-refractivity contribution in [2.45, 2.75) is 25.8 Å². The van der Waals surface area contributed by atoms with Gasteiger partial charge in [-0.2, -0.15) is 5.10 Å². The zero-order chi connectivity index (χ0) is 19.8. The lowest BCUT2D eigenvalue weighted by Crippen LogP contribution is -2.42. The van der Waals surface area contributed by atoms with Gasteiger partial charge < -0.3 is 0 Å². The summed E-state index contributed by atoms with van der Waals surface area (Å²) in [6, 6.07) is 12.3. The molecule has 1 N–H and O–H groups in total. The van der Waals surface area contributed by atoms with E-state index in [0.717, 1.165) is 11.8 Å². The number of halogens is 1. The Labute approximate surface area is 163 Å². The molecule has 1 unspecified atom stereocenters. The van der Waals surface area contributed by atoms with Crippen LogP contribution in [0.3, 0.4) is 0 Å². The van der Waals surface area contributed by atoms with Crippen LogP contribution >= 0.6 is 11.6 Å². The molecular weight excluding hydrogens is 386 g/mol. The summed E-state index contributed by atoms with van der Waals surface area (Å²) in [7, 11) is -3.44. The summed E-state index contributed by atoms with van der Waals surface area (Å²) in [5.74, 6) is -0.0706. The second-order valence-corrected chi connectivity index (χ2v) is 8.63. The number of ketones is 1. The van der Waals surface area contributed by atoms with Gasteiger partial charge in [-0.25, -0.2) is 13.1 Å². The number of anilines is 1. The number of carbonyl (C=O) groups is 1. The number of hydrogen-bond acceptors (Lipinski definition) is 4. The van der Waals surface area contributed by atoms with Crippen LogP contribution in [0.25, 0.3) is 10.9 Å². The van der Waals surface area contributed by atoms with Crippen LogP contribution in [-0.2, 0) is 20.4 Å². The first-order valence-electron chi connectivity index (χ1n) is 8.41. The van der Waals surface area contributed by atoms with Crippen molar-refractivity contribution in [1.82, 2.24) is 9.78 Å².